The van der Waals surface area contributed by atoms with Crippen molar-refractivity contribution >= 4 is 11.7 Å². The van der Waals surface area contributed by atoms with Crippen LogP contribution in [0.4, 0.5) is 5.69 Å². The maximum atomic E-state index is 11.1. The molecule has 1 aromatic rings. The van der Waals surface area contributed by atoms with Gasteiger partial charge in [0.25, 0.3) is 5.69 Å². The summed E-state index contributed by atoms with van der Waals surface area (Å²) in [6.07, 6.45) is 0.458. The average Bonchev–Trinajstić information content (AvgIpc) is 2.27. The highest BCUT2D eigenvalue weighted by atomic mass is 16.6. The number of ether oxygens (including phenoxy) is 1. The monoisotopic (exact) mass is 225 g/mol. The largest absolute Gasteiger partial charge is 0.427 e. The summed E-state index contributed by atoms with van der Waals surface area (Å²) in [5, 5.41) is 18.8. The van der Waals surface area contributed by atoms with Crippen molar-refractivity contribution in [1.29, 1.82) is 0 Å². The van der Waals surface area contributed by atoms with Crippen molar-refractivity contribution in [3.8, 4) is 5.75 Å². The third kappa shape index (κ3) is 3.66. The Kier molecular flexibility index (Phi) is 4.41. The fraction of sp³-hybridized carbons (Fsp3) is 0.300. The van der Waals surface area contributed by atoms with Gasteiger partial charge in [-0.3, -0.25) is 14.9 Å². The second-order valence-electron chi connectivity index (χ2n) is 3.05. The number of rotatable bonds is 5. The molecule has 0 fully saturated rings. The number of nitro benzene ring substituents is 1. The zero-order valence-electron chi connectivity index (χ0n) is 8.46. The van der Waals surface area contributed by atoms with Gasteiger partial charge in [-0.1, -0.05) is 0 Å². The van der Waals surface area contributed by atoms with Crippen molar-refractivity contribution in [2.45, 2.75) is 12.8 Å². The van der Waals surface area contributed by atoms with E-state index in [1.54, 1.807) is 0 Å². The quantitative estimate of drug-likeness (QED) is 0.352. The maximum absolute atomic E-state index is 11.1. The van der Waals surface area contributed by atoms with Crippen molar-refractivity contribution in [2.75, 3.05) is 6.61 Å². The molecule has 86 valence electrons. The first-order valence-electron chi connectivity index (χ1n) is 4.69. The van der Waals surface area contributed by atoms with Crippen LogP contribution in [0.1, 0.15) is 12.8 Å². The van der Waals surface area contributed by atoms with Crippen LogP contribution in [0.25, 0.3) is 0 Å². The number of benzene rings is 1. The molecule has 0 aromatic heterocycles. The molecule has 0 saturated heterocycles. The molecule has 0 aliphatic rings. The maximum Gasteiger partial charge on any atom is 0.311 e. The number of carbonyl (C=O) groups excluding carboxylic acids is 1. The summed E-state index contributed by atoms with van der Waals surface area (Å²) in [6.45, 7) is -0.0740. The molecule has 0 heterocycles. The number of aliphatic hydroxyl groups excluding tert-OH is 1. The second kappa shape index (κ2) is 5.82. The van der Waals surface area contributed by atoms with Gasteiger partial charge in [0.05, 0.1) is 4.92 Å². The van der Waals surface area contributed by atoms with E-state index in [0.29, 0.717) is 6.42 Å². The van der Waals surface area contributed by atoms with E-state index in [1.165, 1.54) is 24.3 Å². The summed E-state index contributed by atoms with van der Waals surface area (Å²) in [6, 6.07) is 5.23. The van der Waals surface area contributed by atoms with Crippen LogP contribution in [0, 0.1) is 10.1 Å². The summed E-state index contributed by atoms with van der Waals surface area (Å²) in [5.41, 5.74) is -0.0600. The Balaban J connectivity index is 2.55. The number of carbonyl (C=O) groups is 1. The number of non-ortho nitro benzene ring substituents is 1. The standard InChI is InChI=1S/C10H11NO5/c12-7-1-2-10(13)16-9-5-3-8(4-6-9)11(14)15/h3-6,12H,1-2,7H2. The van der Waals surface area contributed by atoms with Gasteiger partial charge in [0.2, 0.25) is 0 Å². The van der Waals surface area contributed by atoms with Crippen LogP contribution < -0.4 is 4.74 Å². The summed E-state index contributed by atoms with van der Waals surface area (Å²) < 4.78 is 4.88. The second-order valence-corrected chi connectivity index (χ2v) is 3.05. The topological polar surface area (TPSA) is 89.7 Å². The molecule has 0 amide bonds. The van der Waals surface area contributed by atoms with Gasteiger partial charge in [0, 0.05) is 25.2 Å². The van der Waals surface area contributed by atoms with Gasteiger partial charge in [-0.05, 0) is 18.6 Å². The summed E-state index contributed by atoms with van der Waals surface area (Å²) >= 11 is 0. The van der Waals surface area contributed by atoms with E-state index < -0.39 is 10.9 Å². The minimum Gasteiger partial charge on any atom is -0.427 e. The molecule has 0 unspecified atom stereocenters. The third-order valence-electron chi connectivity index (χ3n) is 1.82. The SMILES string of the molecule is O=C(CCCO)Oc1ccc([N+](=O)[O-])cc1. The van der Waals surface area contributed by atoms with Gasteiger partial charge >= 0.3 is 5.97 Å². The van der Waals surface area contributed by atoms with E-state index in [9.17, 15) is 14.9 Å². The van der Waals surface area contributed by atoms with Crippen LogP contribution in [-0.2, 0) is 4.79 Å². The van der Waals surface area contributed by atoms with Gasteiger partial charge < -0.3 is 9.84 Å². The van der Waals surface area contributed by atoms with Crippen molar-refractivity contribution in [1.82, 2.24) is 0 Å². The van der Waals surface area contributed by atoms with E-state index in [2.05, 4.69) is 0 Å². The Bertz CT molecular complexity index is 373. The first kappa shape index (κ1) is 12.1. The molecule has 0 radical (unpaired) electrons. The third-order valence-corrected chi connectivity index (χ3v) is 1.82. The van der Waals surface area contributed by atoms with Crippen LogP contribution in [-0.4, -0.2) is 22.6 Å². The Morgan fingerprint density at radius 1 is 1.38 bits per heavy atom. The van der Waals surface area contributed by atoms with E-state index in [4.69, 9.17) is 9.84 Å². The van der Waals surface area contributed by atoms with Crippen molar-refractivity contribution in [2.24, 2.45) is 0 Å². The Morgan fingerprint density at radius 2 is 2.00 bits per heavy atom. The molecule has 0 saturated carbocycles. The Labute approximate surface area is 91.6 Å². The van der Waals surface area contributed by atoms with Crippen LogP contribution >= 0.6 is 0 Å². The van der Waals surface area contributed by atoms with Gasteiger partial charge in [0.1, 0.15) is 5.75 Å². The predicted octanol–water partition coefficient (Wildman–Crippen LogP) is 1.27. The molecule has 0 spiro atoms. The highest BCUT2D eigenvalue weighted by Crippen LogP contribution is 2.17. The van der Waals surface area contributed by atoms with Gasteiger partial charge in [-0.25, -0.2) is 0 Å². The molecule has 0 bridgehead atoms. The Morgan fingerprint density at radius 3 is 2.50 bits per heavy atom. The summed E-state index contributed by atoms with van der Waals surface area (Å²) in [4.78, 5) is 20.9. The number of hydrogen-bond donors (Lipinski definition) is 1. The van der Waals surface area contributed by atoms with E-state index in [1.807, 2.05) is 0 Å². The molecule has 6 nitrogen and oxygen atoms in total. The fourth-order valence-electron chi connectivity index (χ4n) is 1.04. The Hall–Kier alpha value is -1.95. The number of esters is 1. The van der Waals surface area contributed by atoms with Crippen molar-refractivity contribution < 1.29 is 19.6 Å². The number of nitrogens with zero attached hydrogens (tertiary/aromatic N) is 1. The van der Waals surface area contributed by atoms with Crippen molar-refractivity contribution in [3.05, 3.63) is 34.4 Å². The van der Waals surface area contributed by atoms with Crippen molar-refractivity contribution in [3.63, 3.8) is 0 Å². The molecule has 16 heavy (non-hydrogen) atoms. The lowest BCUT2D eigenvalue weighted by molar-refractivity contribution is -0.384. The zero-order valence-corrected chi connectivity index (χ0v) is 8.46. The first-order chi connectivity index (χ1) is 7.63. The molecule has 1 N–H and O–H groups in total. The molecular weight excluding hydrogens is 214 g/mol. The van der Waals surface area contributed by atoms with Crippen LogP contribution in [0.3, 0.4) is 0 Å². The minimum absolute atomic E-state index is 0.0600. The van der Waals surface area contributed by atoms with E-state index in [0.717, 1.165) is 0 Å². The molecule has 1 aromatic carbocycles. The van der Waals surface area contributed by atoms with E-state index in [-0.39, 0.29) is 24.5 Å². The summed E-state index contributed by atoms with van der Waals surface area (Å²) in [5.74, 6) is -0.212. The highest BCUT2D eigenvalue weighted by molar-refractivity contribution is 5.72. The van der Waals surface area contributed by atoms with Gasteiger partial charge in [-0.15, -0.1) is 0 Å². The number of aliphatic hydroxyl groups is 1. The molecule has 1 rings (SSSR count). The fourth-order valence-corrected chi connectivity index (χ4v) is 1.04. The number of nitro groups is 1. The molecule has 0 aliphatic heterocycles. The highest BCUT2D eigenvalue weighted by Gasteiger charge is 2.07. The van der Waals surface area contributed by atoms with E-state index >= 15 is 0 Å². The van der Waals surface area contributed by atoms with Gasteiger partial charge in [0.15, 0.2) is 0 Å². The number of hydrogen-bond acceptors (Lipinski definition) is 5. The smallest absolute Gasteiger partial charge is 0.311 e. The zero-order chi connectivity index (χ0) is 12.0. The molecular formula is C10H11NO5. The molecule has 0 atom stereocenters. The molecule has 6 heteroatoms. The average molecular weight is 225 g/mol. The lowest BCUT2D eigenvalue weighted by atomic mass is 10.3. The minimum atomic E-state index is -0.530. The lowest BCUT2D eigenvalue weighted by Crippen LogP contribution is -2.08. The predicted molar refractivity (Wildman–Crippen MR) is 55.1 cm³/mol. The summed E-state index contributed by atoms with van der Waals surface area (Å²) in [7, 11) is 0. The van der Waals surface area contributed by atoms with Crippen LogP contribution in [0.15, 0.2) is 24.3 Å². The normalized spacial score (nSPS) is 9.81. The lowest BCUT2D eigenvalue weighted by Gasteiger charge is -2.02. The van der Waals surface area contributed by atoms with Gasteiger partial charge in [-0.2, -0.15) is 0 Å². The van der Waals surface area contributed by atoms with Crippen LogP contribution in [0.2, 0.25) is 0 Å². The van der Waals surface area contributed by atoms with Crippen LogP contribution in [0.5, 0.6) is 5.75 Å². The first-order valence-corrected chi connectivity index (χ1v) is 4.69. The molecule has 0 aliphatic carbocycles.